The van der Waals surface area contributed by atoms with Crippen molar-refractivity contribution in [3.8, 4) is 0 Å². The van der Waals surface area contributed by atoms with Crippen LogP contribution in [-0.4, -0.2) is 16.1 Å². The smallest absolute Gasteiger partial charge is 0.307 e. The first kappa shape index (κ1) is 12.3. The van der Waals surface area contributed by atoms with Crippen molar-refractivity contribution >= 4 is 28.6 Å². The van der Waals surface area contributed by atoms with Crippen LogP contribution < -0.4 is 0 Å². The third-order valence-electron chi connectivity index (χ3n) is 1.94. The minimum absolute atomic E-state index is 0.196. The zero-order valence-corrected chi connectivity index (χ0v) is 9.96. The van der Waals surface area contributed by atoms with E-state index in [4.69, 9.17) is 5.11 Å². The minimum Gasteiger partial charge on any atom is -0.481 e. The SMILES string of the molecule is Cc1c(CC(=O)O)cnc(C(F)F)c1I. The topological polar surface area (TPSA) is 50.2 Å². The number of aromatic nitrogens is 1. The number of carboxylic acid groups (broad SMARTS) is 1. The summed E-state index contributed by atoms with van der Waals surface area (Å²) >= 11 is 1.76. The van der Waals surface area contributed by atoms with Crippen molar-refractivity contribution < 1.29 is 18.7 Å². The Morgan fingerprint density at radius 1 is 1.67 bits per heavy atom. The van der Waals surface area contributed by atoms with E-state index in [2.05, 4.69) is 4.98 Å². The number of carbonyl (C=O) groups is 1. The molecular weight excluding hydrogens is 319 g/mol. The fourth-order valence-electron chi connectivity index (χ4n) is 1.13. The summed E-state index contributed by atoms with van der Waals surface area (Å²) in [5.41, 5.74) is 0.738. The summed E-state index contributed by atoms with van der Waals surface area (Å²) in [6.45, 7) is 1.62. The molecule has 0 aromatic carbocycles. The van der Waals surface area contributed by atoms with Gasteiger partial charge in [-0.05, 0) is 40.6 Å². The highest BCUT2D eigenvalue weighted by Gasteiger charge is 2.17. The van der Waals surface area contributed by atoms with Crippen LogP contribution in [0.5, 0.6) is 0 Å². The van der Waals surface area contributed by atoms with Gasteiger partial charge in [0.05, 0.1) is 6.42 Å². The van der Waals surface area contributed by atoms with Gasteiger partial charge in [0.1, 0.15) is 5.69 Å². The standard InChI is InChI=1S/C9H8F2INO2/c1-4-5(2-6(14)15)3-13-8(7(4)12)9(10)11/h3,9H,2H2,1H3,(H,14,15). The third kappa shape index (κ3) is 2.83. The Hall–Kier alpha value is -0.790. The summed E-state index contributed by atoms with van der Waals surface area (Å²) in [7, 11) is 0. The van der Waals surface area contributed by atoms with Crippen molar-refractivity contribution in [2.45, 2.75) is 19.8 Å². The van der Waals surface area contributed by atoms with Crippen LogP contribution in [0.15, 0.2) is 6.20 Å². The first-order valence-electron chi connectivity index (χ1n) is 4.07. The van der Waals surface area contributed by atoms with E-state index in [0.29, 0.717) is 14.7 Å². The van der Waals surface area contributed by atoms with E-state index in [-0.39, 0.29) is 12.1 Å². The summed E-state index contributed by atoms with van der Waals surface area (Å²) in [4.78, 5) is 14.0. The lowest BCUT2D eigenvalue weighted by Crippen LogP contribution is -2.06. The largest absolute Gasteiger partial charge is 0.481 e. The lowest BCUT2D eigenvalue weighted by molar-refractivity contribution is -0.136. The number of hydrogen-bond acceptors (Lipinski definition) is 2. The van der Waals surface area contributed by atoms with Crippen LogP contribution in [0.1, 0.15) is 23.2 Å². The van der Waals surface area contributed by atoms with E-state index < -0.39 is 12.4 Å². The number of rotatable bonds is 3. The molecule has 1 heterocycles. The van der Waals surface area contributed by atoms with Crippen LogP contribution >= 0.6 is 22.6 Å². The zero-order valence-electron chi connectivity index (χ0n) is 7.80. The average molecular weight is 327 g/mol. The maximum Gasteiger partial charge on any atom is 0.307 e. The van der Waals surface area contributed by atoms with Gasteiger partial charge in [0.2, 0.25) is 0 Å². The van der Waals surface area contributed by atoms with E-state index in [1.807, 2.05) is 0 Å². The second kappa shape index (κ2) is 4.82. The van der Waals surface area contributed by atoms with Crippen LogP contribution in [0.25, 0.3) is 0 Å². The van der Waals surface area contributed by atoms with Gasteiger partial charge >= 0.3 is 5.97 Å². The Kier molecular flexibility index (Phi) is 3.95. The molecule has 0 aliphatic heterocycles. The molecule has 6 heteroatoms. The summed E-state index contributed by atoms with van der Waals surface area (Å²) in [6.07, 6.45) is -1.62. The Morgan fingerprint density at radius 3 is 2.73 bits per heavy atom. The molecule has 0 fully saturated rings. The van der Waals surface area contributed by atoms with E-state index in [9.17, 15) is 13.6 Å². The van der Waals surface area contributed by atoms with Crippen LogP contribution in [0.3, 0.4) is 0 Å². The quantitative estimate of drug-likeness (QED) is 0.868. The van der Waals surface area contributed by atoms with Gasteiger partial charge in [0.15, 0.2) is 0 Å². The summed E-state index contributed by atoms with van der Waals surface area (Å²) in [6, 6.07) is 0. The van der Waals surface area contributed by atoms with E-state index in [1.165, 1.54) is 6.20 Å². The fourth-order valence-corrected chi connectivity index (χ4v) is 1.85. The molecule has 1 aromatic heterocycles. The molecule has 3 nitrogen and oxygen atoms in total. The van der Waals surface area contributed by atoms with Crippen molar-refractivity contribution in [3.05, 3.63) is 26.6 Å². The van der Waals surface area contributed by atoms with Crippen LogP contribution in [-0.2, 0) is 11.2 Å². The van der Waals surface area contributed by atoms with E-state index in [0.717, 1.165) is 0 Å². The highest BCUT2D eigenvalue weighted by Crippen LogP contribution is 2.26. The van der Waals surface area contributed by atoms with E-state index in [1.54, 1.807) is 29.5 Å². The predicted molar refractivity (Wildman–Crippen MR) is 58.0 cm³/mol. The number of pyridine rings is 1. The average Bonchev–Trinajstić information content (AvgIpc) is 2.12. The number of nitrogens with zero attached hydrogens (tertiary/aromatic N) is 1. The van der Waals surface area contributed by atoms with Crippen molar-refractivity contribution in [2.75, 3.05) is 0 Å². The first-order valence-corrected chi connectivity index (χ1v) is 5.15. The molecule has 1 aromatic rings. The van der Waals surface area contributed by atoms with Crippen molar-refractivity contribution in [1.82, 2.24) is 4.98 Å². The summed E-state index contributed by atoms with van der Waals surface area (Å²) < 4.78 is 25.2. The molecule has 1 N–H and O–H groups in total. The lowest BCUT2D eigenvalue weighted by Gasteiger charge is -2.09. The van der Waals surface area contributed by atoms with Gasteiger partial charge in [-0.25, -0.2) is 8.78 Å². The number of halogens is 3. The molecule has 0 saturated carbocycles. The Morgan fingerprint density at radius 2 is 2.27 bits per heavy atom. The van der Waals surface area contributed by atoms with E-state index >= 15 is 0 Å². The first-order chi connectivity index (χ1) is 6.93. The van der Waals surface area contributed by atoms with Crippen molar-refractivity contribution in [3.63, 3.8) is 0 Å². The predicted octanol–water partition coefficient (Wildman–Crippen LogP) is 2.56. The Bertz CT molecular complexity index is 396. The molecule has 0 unspecified atom stereocenters. The minimum atomic E-state index is -2.63. The van der Waals surface area contributed by atoms with Crippen molar-refractivity contribution in [2.24, 2.45) is 0 Å². The molecule has 0 aliphatic rings. The third-order valence-corrected chi connectivity index (χ3v) is 3.31. The summed E-state index contributed by atoms with van der Waals surface area (Å²) in [5, 5.41) is 8.58. The second-order valence-corrected chi connectivity index (χ2v) is 4.06. The van der Waals surface area contributed by atoms with Gasteiger partial charge in [0.25, 0.3) is 6.43 Å². The molecular formula is C9H8F2INO2. The molecule has 0 amide bonds. The number of carboxylic acids is 1. The van der Waals surface area contributed by atoms with Crippen LogP contribution in [0.2, 0.25) is 0 Å². The monoisotopic (exact) mass is 327 g/mol. The Balaban J connectivity index is 3.15. The van der Waals surface area contributed by atoms with Gasteiger partial charge in [-0.2, -0.15) is 0 Å². The molecule has 0 spiro atoms. The molecule has 0 radical (unpaired) electrons. The highest BCUT2D eigenvalue weighted by atomic mass is 127. The molecule has 0 saturated heterocycles. The van der Waals surface area contributed by atoms with Crippen LogP contribution in [0.4, 0.5) is 8.78 Å². The maximum absolute atomic E-state index is 12.4. The zero-order chi connectivity index (χ0) is 11.6. The molecule has 1 rings (SSSR count). The maximum atomic E-state index is 12.4. The van der Waals surface area contributed by atoms with Gasteiger partial charge in [-0.1, -0.05) is 0 Å². The van der Waals surface area contributed by atoms with Gasteiger partial charge in [-0.15, -0.1) is 0 Å². The van der Waals surface area contributed by atoms with Crippen LogP contribution in [0, 0.1) is 10.5 Å². The van der Waals surface area contributed by atoms with Gasteiger partial charge < -0.3 is 5.11 Å². The lowest BCUT2D eigenvalue weighted by atomic mass is 10.1. The molecule has 15 heavy (non-hydrogen) atoms. The summed E-state index contributed by atoms with van der Waals surface area (Å²) in [5.74, 6) is -1.000. The molecule has 0 aliphatic carbocycles. The van der Waals surface area contributed by atoms with Crippen molar-refractivity contribution in [1.29, 1.82) is 0 Å². The number of alkyl halides is 2. The molecule has 0 atom stereocenters. The molecule has 82 valence electrons. The fraction of sp³-hybridized carbons (Fsp3) is 0.333. The highest BCUT2D eigenvalue weighted by molar-refractivity contribution is 14.1. The normalized spacial score (nSPS) is 10.7. The Labute approximate surface area is 98.7 Å². The van der Waals surface area contributed by atoms with Gasteiger partial charge in [-0.3, -0.25) is 9.78 Å². The second-order valence-electron chi connectivity index (χ2n) is 2.98. The number of hydrogen-bond donors (Lipinski definition) is 1. The number of aliphatic carboxylic acids is 1. The van der Waals surface area contributed by atoms with Gasteiger partial charge in [0, 0.05) is 9.77 Å². The molecule has 0 bridgehead atoms.